The number of rotatable bonds is 8. The Balaban J connectivity index is 2.46. The molecule has 0 spiro atoms. The molecule has 1 aromatic carbocycles. The number of benzene rings is 1. The molecule has 0 aliphatic rings. The molecule has 1 aromatic rings. The van der Waals surface area contributed by atoms with Crippen LogP contribution >= 0.6 is 0 Å². The van der Waals surface area contributed by atoms with Gasteiger partial charge in [-0.2, -0.15) is 0 Å². The Labute approximate surface area is 108 Å². The third-order valence-electron chi connectivity index (χ3n) is 2.27. The first-order valence-electron chi connectivity index (χ1n) is 6.17. The first-order valence-corrected chi connectivity index (χ1v) is 6.17. The van der Waals surface area contributed by atoms with Gasteiger partial charge in [-0.25, -0.2) is 4.79 Å². The summed E-state index contributed by atoms with van der Waals surface area (Å²) in [6, 6.07) is 7.04. The number of hydrogen-bond acceptors (Lipinski definition) is 4. The summed E-state index contributed by atoms with van der Waals surface area (Å²) in [5, 5.41) is 0. The van der Waals surface area contributed by atoms with Gasteiger partial charge >= 0.3 is 5.97 Å². The van der Waals surface area contributed by atoms with Crippen molar-refractivity contribution in [3.05, 3.63) is 29.8 Å². The molecule has 0 saturated carbocycles. The number of hydrogen-bond donors (Lipinski definition) is 0. The maximum absolute atomic E-state index is 11.7. The Morgan fingerprint density at radius 2 is 2.06 bits per heavy atom. The Hall–Kier alpha value is -1.55. The molecule has 0 amide bonds. The fraction of sp³-hybridized carbons (Fsp3) is 0.500. The lowest BCUT2D eigenvalue weighted by Crippen LogP contribution is -2.08. The van der Waals surface area contributed by atoms with E-state index in [0.717, 1.165) is 6.42 Å². The highest BCUT2D eigenvalue weighted by atomic mass is 16.5. The van der Waals surface area contributed by atoms with Crippen LogP contribution in [-0.2, 0) is 9.47 Å². The van der Waals surface area contributed by atoms with E-state index in [1.165, 1.54) is 0 Å². The third-order valence-corrected chi connectivity index (χ3v) is 2.27. The maximum Gasteiger partial charge on any atom is 0.338 e. The molecule has 0 bridgehead atoms. The molecule has 0 fully saturated rings. The molecule has 0 heterocycles. The summed E-state index contributed by atoms with van der Waals surface area (Å²) < 4.78 is 15.5. The molecule has 0 aliphatic heterocycles. The molecule has 18 heavy (non-hydrogen) atoms. The molecule has 100 valence electrons. The zero-order chi connectivity index (χ0) is 13.2. The van der Waals surface area contributed by atoms with E-state index in [9.17, 15) is 4.79 Å². The van der Waals surface area contributed by atoms with E-state index in [2.05, 4.69) is 0 Å². The zero-order valence-corrected chi connectivity index (χ0v) is 11.0. The van der Waals surface area contributed by atoms with E-state index in [1.807, 2.05) is 13.0 Å². The maximum atomic E-state index is 11.7. The highest BCUT2D eigenvalue weighted by Crippen LogP contribution is 2.14. The van der Waals surface area contributed by atoms with Gasteiger partial charge in [0.25, 0.3) is 0 Å². The van der Waals surface area contributed by atoms with E-state index in [-0.39, 0.29) is 5.97 Å². The Morgan fingerprint density at radius 3 is 2.78 bits per heavy atom. The topological polar surface area (TPSA) is 44.8 Å². The molecule has 0 unspecified atom stereocenters. The largest absolute Gasteiger partial charge is 0.494 e. The van der Waals surface area contributed by atoms with Crippen molar-refractivity contribution in [2.75, 3.05) is 26.9 Å². The van der Waals surface area contributed by atoms with Crippen molar-refractivity contribution < 1.29 is 19.0 Å². The van der Waals surface area contributed by atoms with Crippen LogP contribution < -0.4 is 4.74 Å². The average Bonchev–Trinajstić information content (AvgIpc) is 2.41. The number of ether oxygens (including phenoxy) is 3. The minimum Gasteiger partial charge on any atom is -0.494 e. The van der Waals surface area contributed by atoms with Gasteiger partial charge in [0.05, 0.1) is 18.8 Å². The number of esters is 1. The average molecular weight is 252 g/mol. The van der Waals surface area contributed by atoms with Crippen molar-refractivity contribution in [3.63, 3.8) is 0 Å². The lowest BCUT2D eigenvalue weighted by atomic mass is 10.2. The minimum atomic E-state index is -0.326. The van der Waals surface area contributed by atoms with E-state index in [0.29, 0.717) is 37.6 Å². The Morgan fingerprint density at radius 1 is 1.22 bits per heavy atom. The SMILES string of the molecule is CCCOc1cccc(C(=O)OCCCOC)c1. The summed E-state index contributed by atoms with van der Waals surface area (Å²) in [6.45, 7) is 3.64. The molecule has 0 radical (unpaired) electrons. The fourth-order valence-electron chi connectivity index (χ4n) is 1.38. The van der Waals surface area contributed by atoms with Gasteiger partial charge in [-0.05, 0) is 24.6 Å². The molecule has 0 aromatic heterocycles. The lowest BCUT2D eigenvalue weighted by molar-refractivity contribution is 0.0468. The van der Waals surface area contributed by atoms with E-state index >= 15 is 0 Å². The highest BCUT2D eigenvalue weighted by Gasteiger charge is 2.07. The van der Waals surface area contributed by atoms with Crippen LogP contribution in [0.3, 0.4) is 0 Å². The van der Waals surface area contributed by atoms with Crippen molar-refractivity contribution in [2.45, 2.75) is 19.8 Å². The normalized spacial score (nSPS) is 10.1. The molecule has 0 aliphatic carbocycles. The standard InChI is InChI=1S/C14H20O4/c1-3-8-17-13-7-4-6-12(11-13)14(15)18-10-5-9-16-2/h4,6-7,11H,3,5,8-10H2,1-2H3. The van der Waals surface area contributed by atoms with Crippen molar-refractivity contribution in [1.82, 2.24) is 0 Å². The Bertz CT molecular complexity index is 363. The van der Waals surface area contributed by atoms with E-state index in [4.69, 9.17) is 14.2 Å². The number of carbonyl (C=O) groups excluding carboxylic acids is 1. The molecule has 0 atom stereocenters. The van der Waals surface area contributed by atoms with Gasteiger partial charge in [0.2, 0.25) is 0 Å². The summed E-state index contributed by atoms with van der Waals surface area (Å²) in [5.74, 6) is 0.372. The van der Waals surface area contributed by atoms with Gasteiger partial charge in [-0.3, -0.25) is 0 Å². The van der Waals surface area contributed by atoms with Gasteiger partial charge in [0.1, 0.15) is 5.75 Å². The highest BCUT2D eigenvalue weighted by molar-refractivity contribution is 5.89. The molecule has 0 saturated heterocycles. The van der Waals surface area contributed by atoms with Crippen LogP contribution in [0.25, 0.3) is 0 Å². The van der Waals surface area contributed by atoms with Crippen molar-refractivity contribution >= 4 is 5.97 Å². The quantitative estimate of drug-likeness (QED) is 0.527. The molecule has 1 rings (SSSR count). The summed E-state index contributed by atoms with van der Waals surface area (Å²) >= 11 is 0. The number of carbonyl (C=O) groups is 1. The molecule has 4 heteroatoms. The van der Waals surface area contributed by atoms with Crippen LogP contribution in [0, 0.1) is 0 Å². The molecule has 4 nitrogen and oxygen atoms in total. The molecular weight excluding hydrogens is 232 g/mol. The van der Waals surface area contributed by atoms with Crippen molar-refractivity contribution in [1.29, 1.82) is 0 Å². The van der Waals surface area contributed by atoms with Crippen LogP contribution in [0.5, 0.6) is 5.75 Å². The predicted octanol–water partition coefficient (Wildman–Crippen LogP) is 2.67. The summed E-state index contributed by atoms with van der Waals surface area (Å²) in [5.41, 5.74) is 0.515. The number of methoxy groups -OCH3 is 1. The third kappa shape index (κ3) is 5.19. The van der Waals surface area contributed by atoms with Gasteiger partial charge in [-0.15, -0.1) is 0 Å². The van der Waals surface area contributed by atoms with E-state index < -0.39 is 0 Å². The molecular formula is C14H20O4. The Kier molecular flexibility index (Phi) is 6.87. The smallest absolute Gasteiger partial charge is 0.338 e. The van der Waals surface area contributed by atoms with Crippen LogP contribution in [0.1, 0.15) is 30.1 Å². The van der Waals surface area contributed by atoms with Crippen LogP contribution in [-0.4, -0.2) is 32.9 Å². The van der Waals surface area contributed by atoms with Crippen LogP contribution in [0.2, 0.25) is 0 Å². The lowest BCUT2D eigenvalue weighted by Gasteiger charge is -2.07. The van der Waals surface area contributed by atoms with Crippen LogP contribution in [0.4, 0.5) is 0 Å². The van der Waals surface area contributed by atoms with E-state index in [1.54, 1.807) is 25.3 Å². The second kappa shape index (κ2) is 8.53. The first-order chi connectivity index (χ1) is 8.77. The van der Waals surface area contributed by atoms with Gasteiger partial charge in [0, 0.05) is 20.1 Å². The summed E-state index contributed by atoms with van der Waals surface area (Å²) in [6.07, 6.45) is 1.64. The van der Waals surface area contributed by atoms with Gasteiger partial charge in [0.15, 0.2) is 0 Å². The first kappa shape index (κ1) is 14.5. The zero-order valence-electron chi connectivity index (χ0n) is 11.0. The fourth-order valence-corrected chi connectivity index (χ4v) is 1.38. The minimum absolute atomic E-state index is 0.326. The predicted molar refractivity (Wildman–Crippen MR) is 69.0 cm³/mol. The van der Waals surface area contributed by atoms with Crippen molar-refractivity contribution in [2.24, 2.45) is 0 Å². The summed E-state index contributed by atoms with van der Waals surface area (Å²) in [4.78, 5) is 11.7. The van der Waals surface area contributed by atoms with Gasteiger partial charge in [-0.1, -0.05) is 13.0 Å². The second-order valence-corrected chi connectivity index (χ2v) is 3.86. The molecule has 0 N–H and O–H groups in total. The van der Waals surface area contributed by atoms with Gasteiger partial charge < -0.3 is 14.2 Å². The van der Waals surface area contributed by atoms with Crippen molar-refractivity contribution in [3.8, 4) is 5.75 Å². The monoisotopic (exact) mass is 252 g/mol. The second-order valence-electron chi connectivity index (χ2n) is 3.86. The van der Waals surface area contributed by atoms with Crippen LogP contribution in [0.15, 0.2) is 24.3 Å². The summed E-state index contributed by atoms with van der Waals surface area (Å²) in [7, 11) is 1.62.